The maximum absolute atomic E-state index is 13.3. The molecular weight excluding hydrogens is 487 g/mol. The minimum atomic E-state index is -6.17. The normalized spacial score (nSPS) is 17.6. The molecule has 11 nitrogen and oxygen atoms in total. The fourth-order valence-electron chi connectivity index (χ4n) is 3.02. The summed E-state index contributed by atoms with van der Waals surface area (Å²) in [6.45, 7) is 3.70. The Balaban J connectivity index is 2.42. The number of para-hydroxylation sites is 1. The Hall–Kier alpha value is -3.36. The number of halogens is 3. The first-order valence-electron chi connectivity index (χ1n) is 9.92. The Morgan fingerprint density at radius 2 is 1.79 bits per heavy atom. The van der Waals surface area contributed by atoms with Crippen molar-refractivity contribution in [3.8, 4) is 0 Å². The van der Waals surface area contributed by atoms with Crippen LogP contribution in [0.5, 0.6) is 0 Å². The second kappa shape index (κ2) is 10.7. The van der Waals surface area contributed by atoms with E-state index in [2.05, 4.69) is 19.5 Å². The van der Waals surface area contributed by atoms with Crippen molar-refractivity contribution in [2.75, 3.05) is 17.5 Å². The molecule has 0 bridgehead atoms. The molecule has 0 aliphatic carbocycles. The molecule has 0 spiro atoms. The Bertz CT molecular complexity index is 1070. The van der Waals surface area contributed by atoms with Crippen molar-refractivity contribution in [1.82, 2.24) is 4.90 Å². The molecule has 1 aliphatic rings. The zero-order valence-corrected chi connectivity index (χ0v) is 19.2. The Morgan fingerprint density at radius 1 is 1.18 bits per heavy atom. The number of benzene rings is 1. The monoisotopic (exact) mass is 509 g/mol. The number of amides is 2. The van der Waals surface area contributed by atoms with Gasteiger partial charge in [0.15, 0.2) is 0 Å². The number of alkyl halides is 3. The summed E-state index contributed by atoms with van der Waals surface area (Å²) in [7, 11) is -6.17. The molecule has 0 saturated carbocycles. The number of hydrogen-bond acceptors (Lipinski definition) is 9. The Morgan fingerprint density at radius 3 is 2.38 bits per heavy atom. The van der Waals surface area contributed by atoms with Gasteiger partial charge in [0.1, 0.15) is 5.71 Å². The minimum absolute atomic E-state index is 0.0226. The third kappa shape index (κ3) is 5.76. The fraction of sp³-hybridized carbons (Fsp3) is 0.474. The van der Waals surface area contributed by atoms with Crippen LogP contribution in [0.1, 0.15) is 32.8 Å². The fourth-order valence-corrected chi connectivity index (χ4v) is 3.91. The van der Waals surface area contributed by atoms with E-state index in [9.17, 15) is 36.0 Å². The first kappa shape index (κ1) is 26.9. The third-order valence-corrected chi connectivity index (χ3v) is 5.95. The summed E-state index contributed by atoms with van der Waals surface area (Å²) >= 11 is 0. The zero-order valence-electron chi connectivity index (χ0n) is 18.4. The van der Waals surface area contributed by atoms with E-state index in [1.54, 1.807) is 6.92 Å². The van der Waals surface area contributed by atoms with Gasteiger partial charge in [0, 0.05) is 19.0 Å². The average molecular weight is 509 g/mol. The van der Waals surface area contributed by atoms with Gasteiger partial charge in [-0.15, -0.1) is 0 Å². The molecular formula is C19H22F3N3O8S. The molecule has 2 rings (SSSR count). The van der Waals surface area contributed by atoms with E-state index >= 15 is 0 Å². The Kier molecular flexibility index (Phi) is 8.47. The summed E-state index contributed by atoms with van der Waals surface area (Å²) in [4.78, 5) is 42.0. The van der Waals surface area contributed by atoms with E-state index in [0.717, 1.165) is 6.07 Å². The smallest absolute Gasteiger partial charge is 0.449 e. The standard InChI is InChI=1S/C19H22F3N3O8S/c1-4-31-17(27)25(34(29,30)19(20,21)22)15-9-7-6-8-13(15)11-24-12(3)10-14(16(24)26)23-33-18(28)32-5-2/h6-9,12H,4-5,10-11H2,1-3H3/b23-14+. The van der Waals surface area contributed by atoms with E-state index in [4.69, 9.17) is 0 Å². The van der Waals surface area contributed by atoms with Gasteiger partial charge in [0.25, 0.3) is 5.91 Å². The summed E-state index contributed by atoms with van der Waals surface area (Å²) in [5.74, 6) is -0.701. The molecule has 1 unspecified atom stereocenters. The summed E-state index contributed by atoms with van der Waals surface area (Å²) in [5, 5.41) is 3.47. The second-order valence-electron chi connectivity index (χ2n) is 6.84. The predicted molar refractivity (Wildman–Crippen MR) is 111 cm³/mol. The molecule has 1 aliphatic heterocycles. The number of rotatable bonds is 7. The van der Waals surface area contributed by atoms with Crippen LogP contribution in [0.4, 0.5) is 28.4 Å². The molecule has 0 N–H and O–H groups in total. The highest BCUT2D eigenvalue weighted by atomic mass is 32.2. The van der Waals surface area contributed by atoms with E-state index in [0.29, 0.717) is 0 Å². The largest absolute Gasteiger partial charge is 0.535 e. The van der Waals surface area contributed by atoms with Gasteiger partial charge in [0.05, 0.1) is 18.9 Å². The minimum Gasteiger partial charge on any atom is -0.449 e. The first-order chi connectivity index (χ1) is 15.8. The van der Waals surface area contributed by atoms with Crippen molar-refractivity contribution in [3.63, 3.8) is 0 Å². The number of oxime groups is 1. The highest BCUT2D eigenvalue weighted by molar-refractivity contribution is 7.94. The van der Waals surface area contributed by atoms with E-state index < -0.39 is 49.7 Å². The number of likely N-dealkylation sites (tertiary alicyclic amines) is 1. The number of anilines is 1. The lowest BCUT2D eigenvalue weighted by Gasteiger charge is -2.27. The van der Waals surface area contributed by atoms with Crippen LogP contribution in [0.3, 0.4) is 0 Å². The third-order valence-electron chi connectivity index (χ3n) is 4.54. The van der Waals surface area contributed by atoms with Crippen LogP contribution < -0.4 is 4.31 Å². The summed E-state index contributed by atoms with van der Waals surface area (Å²) in [6, 6.07) is 4.33. The number of carbonyl (C=O) groups is 3. The van der Waals surface area contributed by atoms with Crippen LogP contribution in [0, 0.1) is 0 Å². The topological polar surface area (TPSA) is 132 Å². The van der Waals surface area contributed by atoms with Crippen molar-refractivity contribution in [2.24, 2.45) is 5.16 Å². The van der Waals surface area contributed by atoms with Crippen LogP contribution in [-0.4, -0.2) is 61.9 Å². The lowest BCUT2D eigenvalue weighted by Crippen LogP contribution is -2.45. The number of hydrogen-bond donors (Lipinski definition) is 0. The lowest BCUT2D eigenvalue weighted by atomic mass is 10.1. The van der Waals surface area contributed by atoms with Crippen LogP contribution in [-0.2, 0) is 35.7 Å². The van der Waals surface area contributed by atoms with Gasteiger partial charge in [-0.05, 0) is 32.4 Å². The SMILES string of the molecule is CCOC(=O)O/N=C1\CC(C)N(Cc2ccccc2N(C(=O)OCC)S(=O)(=O)C(F)(F)F)C1=O. The van der Waals surface area contributed by atoms with E-state index in [1.165, 1.54) is 36.9 Å². The Labute approximate surface area is 193 Å². The summed E-state index contributed by atoms with van der Waals surface area (Å²) in [5.41, 5.74) is -6.67. The molecule has 1 atom stereocenters. The first-order valence-corrected chi connectivity index (χ1v) is 11.4. The van der Waals surface area contributed by atoms with Crippen molar-refractivity contribution >= 4 is 39.6 Å². The lowest BCUT2D eigenvalue weighted by molar-refractivity contribution is -0.124. The molecule has 1 aromatic rings. The van der Waals surface area contributed by atoms with Gasteiger partial charge in [0.2, 0.25) is 0 Å². The van der Waals surface area contributed by atoms with Gasteiger partial charge in [-0.2, -0.15) is 25.9 Å². The van der Waals surface area contributed by atoms with E-state index in [1.807, 2.05) is 0 Å². The molecule has 1 aromatic carbocycles. The quantitative estimate of drug-likeness (QED) is 0.311. The maximum Gasteiger partial charge on any atom is 0.535 e. The molecule has 1 heterocycles. The average Bonchev–Trinajstić information content (AvgIpc) is 3.00. The molecule has 1 fully saturated rings. The van der Waals surface area contributed by atoms with Gasteiger partial charge in [-0.3, -0.25) is 9.63 Å². The number of nitrogens with zero attached hydrogens (tertiary/aromatic N) is 3. The predicted octanol–water partition coefficient (Wildman–Crippen LogP) is 3.15. The van der Waals surface area contributed by atoms with Gasteiger partial charge in [-0.1, -0.05) is 23.4 Å². The highest BCUT2D eigenvalue weighted by Gasteiger charge is 2.53. The summed E-state index contributed by atoms with van der Waals surface area (Å²) in [6.07, 6.45) is -2.84. The van der Waals surface area contributed by atoms with Crippen molar-refractivity contribution in [1.29, 1.82) is 0 Å². The highest BCUT2D eigenvalue weighted by Crippen LogP contribution is 2.34. The van der Waals surface area contributed by atoms with Crippen molar-refractivity contribution in [2.45, 2.75) is 45.3 Å². The van der Waals surface area contributed by atoms with Crippen LogP contribution in [0.25, 0.3) is 0 Å². The summed E-state index contributed by atoms with van der Waals surface area (Å²) < 4.78 is 72.9. The molecule has 1 saturated heterocycles. The number of carbonyl (C=O) groups excluding carboxylic acids is 3. The van der Waals surface area contributed by atoms with Gasteiger partial charge < -0.3 is 14.4 Å². The zero-order chi connectivity index (χ0) is 25.7. The molecule has 15 heteroatoms. The van der Waals surface area contributed by atoms with Gasteiger partial charge in [-0.25, -0.2) is 9.59 Å². The molecule has 188 valence electrons. The van der Waals surface area contributed by atoms with Crippen LogP contribution in [0.2, 0.25) is 0 Å². The van der Waals surface area contributed by atoms with Crippen molar-refractivity contribution < 1.29 is 50.3 Å². The van der Waals surface area contributed by atoms with E-state index in [-0.39, 0.29) is 37.5 Å². The maximum atomic E-state index is 13.3. The second-order valence-corrected chi connectivity index (χ2v) is 8.62. The van der Waals surface area contributed by atoms with Crippen LogP contribution in [0.15, 0.2) is 29.4 Å². The molecule has 34 heavy (non-hydrogen) atoms. The van der Waals surface area contributed by atoms with Crippen LogP contribution >= 0.6 is 0 Å². The number of sulfonamides is 1. The molecule has 2 amide bonds. The van der Waals surface area contributed by atoms with Gasteiger partial charge >= 0.3 is 27.8 Å². The number of ether oxygens (including phenoxy) is 2. The molecule has 0 aromatic heterocycles. The van der Waals surface area contributed by atoms with Crippen molar-refractivity contribution in [3.05, 3.63) is 29.8 Å². The molecule has 0 radical (unpaired) electrons.